The first-order valence-electron chi connectivity index (χ1n) is 6.83. The van der Waals surface area contributed by atoms with E-state index >= 15 is 0 Å². The van der Waals surface area contributed by atoms with Crippen molar-refractivity contribution in [3.8, 4) is 0 Å². The molecule has 94 valence electrons. The molecule has 1 heterocycles. The van der Waals surface area contributed by atoms with Gasteiger partial charge in [-0.3, -0.25) is 4.90 Å². The molecular formula is C13H26N2O. The highest BCUT2D eigenvalue weighted by molar-refractivity contribution is 4.91. The van der Waals surface area contributed by atoms with Gasteiger partial charge in [0, 0.05) is 25.2 Å². The van der Waals surface area contributed by atoms with E-state index in [4.69, 9.17) is 10.5 Å². The lowest BCUT2D eigenvalue weighted by atomic mass is 9.98. The standard InChI is InChI=1S/C13H26N2O/c1-3-10(2)11(14)9-15-7-8-16-13-6-4-5-12(13)15/h10-13H,3-9,14H2,1-2H3. The van der Waals surface area contributed by atoms with Crippen LogP contribution in [0.15, 0.2) is 0 Å². The Kier molecular flexibility index (Phi) is 4.22. The number of hydrogen-bond donors (Lipinski definition) is 1. The number of nitrogens with two attached hydrogens (primary N) is 1. The van der Waals surface area contributed by atoms with Gasteiger partial charge in [-0.15, -0.1) is 0 Å². The van der Waals surface area contributed by atoms with Crippen molar-refractivity contribution in [3.63, 3.8) is 0 Å². The van der Waals surface area contributed by atoms with Gasteiger partial charge in [0.05, 0.1) is 12.7 Å². The number of rotatable bonds is 4. The molecule has 4 atom stereocenters. The molecule has 0 radical (unpaired) electrons. The van der Waals surface area contributed by atoms with Crippen molar-refractivity contribution in [2.75, 3.05) is 19.7 Å². The van der Waals surface area contributed by atoms with Crippen LogP contribution in [0.1, 0.15) is 39.5 Å². The minimum Gasteiger partial charge on any atom is -0.375 e. The molecule has 1 aliphatic carbocycles. The molecule has 0 aromatic heterocycles. The third-order valence-electron chi connectivity index (χ3n) is 4.42. The summed E-state index contributed by atoms with van der Waals surface area (Å²) in [5.41, 5.74) is 6.26. The second-order valence-corrected chi connectivity index (χ2v) is 5.45. The summed E-state index contributed by atoms with van der Waals surface area (Å²) < 4.78 is 5.82. The summed E-state index contributed by atoms with van der Waals surface area (Å²) >= 11 is 0. The Bertz CT molecular complexity index is 222. The predicted octanol–water partition coefficient (Wildman–Crippen LogP) is 1.61. The molecule has 2 N–H and O–H groups in total. The summed E-state index contributed by atoms with van der Waals surface area (Å²) in [6.45, 7) is 7.51. The van der Waals surface area contributed by atoms with Crippen molar-refractivity contribution in [1.82, 2.24) is 4.90 Å². The summed E-state index contributed by atoms with van der Waals surface area (Å²) in [5.74, 6) is 0.627. The molecule has 0 amide bonds. The fourth-order valence-electron chi connectivity index (χ4n) is 2.99. The molecule has 4 unspecified atom stereocenters. The van der Waals surface area contributed by atoms with Gasteiger partial charge >= 0.3 is 0 Å². The number of ether oxygens (including phenoxy) is 1. The van der Waals surface area contributed by atoms with Crippen LogP contribution in [0, 0.1) is 5.92 Å². The van der Waals surface area contributed by atoms with Crippen molar-refractivity contribution in [3.05, 3.63) is 0 Å². The van der Waals surface area contributed by atoms with Crippen LogP contribution < -0.4 is 5.73 Å². The zero-order valence-corrected chi connectivity index (χ0v) is 10.7. The normalized spacial score (nSPS) is 34.7. The lowest BCUT2D eigenvalue weighted by molar-refractivity contribution is -0.0584. The predicted molar refractivity (Wildman–Crippen MR) is 66.4 cm³/mol. The zero-order valence-electron chi connectivity index (χ0n) is 10.7. The highest BCUT2D eigenvalue weighted by Gasteiger charge is 2.36. The lowest BCUT2D eigenvalue weighted by Crippen LogP contribution is -2.53. The first-order valence-corrected chi connectivity index (χ1v) is 6.83. The third kappa shape index (κ3) is 2.58. The van der Waals surface area contributed by atoms with Crippen molar-refractivity contribution in [2.45, 2.75) is 57.7 Å². The molecule has 16 heavy (non-hydrogen) atoms. The Balaban J connectivity index is 1.88. The van der Waals surface area contributed by atoms with Crippen molar-refractivity contribution >= 4 is 0 Å². The van der Waals surface area contributed by atoms with E-state index in [0.29, 0.717) is 24.1 Å². The number of fused-ring (bicyclic) bond motifs is 1. The highest BCUT2D eigenvalue weighted by atomic mass is 16.5. The van der Waals surface area contributed by atoms with Crippen LogP contribution in [0.5, 0.6) is 0 Å². The van der Waals surface area contributed by atoms with Crippen LogP contribution in [-0.4, -0.2) is 42.8 Å². The molecule has 0 aromatic rings. The lowest BCUT2D eigenvalue weighted by Gasteiger charge is -2.39. The molecule has 0 spiro atoms. The molecule has 2 rings (SSSR count). The minimum absolute atomic E-state index is 0.323. The van der Waals surface area contributed by atoms with Gasteiger partial charge in [-0.05, 0) is 25.2 Å². The topological polar surface area (TPSA) is 38.5 Å². The monoisotopic (exact) mass is 226 g/mol. The van der Waals surface area contributed by atoms with E-state index in [9.17, 15) is 0 Å². The first-order chi connectivity index (χ1) is 7.72. The van der Waals surface area contributed by atoms with E-state index in [1.165, 1.54) is 25.7 Å². The van der Waals surface area contributed by atoms with Gasteiger partial charge in [-0.1, -0.05) is 20.3 Å². The Morgan fingerprint density at radius 3 is 3.00 bits per heavy atom. The van der Waals surface area contributed by atoms with Crippen molar-refractivity contribution in [1.29, 1.82) is 0 Å². The van der Waals surface area contributed by atoms with E-state index in [1.807, 2.05) is 0 Å². The summed E-state index contributed by atoms with van der Waals surface area (Å²) in [7, 11) is 0. The van der Waals surface area contributed by atoms with Crippen LogP contribution in [-0.2, 0) is 4.74 Å². The second-order valence-electron chi connectivity index (χ2n) is 5.45. The maximum Gasteiger partial charge on any atom is 0.0730 e. The summed E-state index contributed by atoms with van der Waals surface area (Å²) in [4.78, 5) is 2.58. The van der Waals surface area contributed by atoms with Gasteiger partial charge in [0.2, 0.25) is 0 Å². The van der Waals surface area contributed by atoms with E-state index in [1.54, 1.807) is 0 Å². The Labute approximate surface area is 99.3 Å². The average Bonchev–Trinajstić information content (AvgIpc) is 2.77. The van der Waals surface area contributed by atoms with Crippen molar-refractivity contribution in [2.24, 2.45) is 11.7 Å². The molecule has 2 fully saturated rings. The fourth-order valence-corrected chi connectivity index (χ4v) is 2.99. The number of nitrogens with zero attached hydrogens (tertiary/aromatic N) is 1. The van der Waals surface area contributed by atoms with Crippen LogP contribution in [0.3, 0.4) is 0 Å². The zero-order chi connectivity index (χ0) is 11.5. The van der Waals surface area contributed by atoms with Crippen LogP contribution in [0.25, 0.3) is 0 Å². The van der Waals surface area contributed by atoms with Gasteiger partial charge < -0.3 is 10.5 Å². The van der Waals surface area contributed by atoms with Gasteiger partial charge in [0.1, 0.15) is 0 Å². The summed E-state index contributed by atoms with van der Waals surface area (Å²) in [5, 5.41) is 0. The van der Waals surface area contributed by atoms with Gasteiger partial charge in [-0.2, -0.15) is 0 Å². The summed E-state index contributed by atoms with van der Waals surface area (Å²) in [6, 6.07) is 0.980. The third-order valence-corrected chi connectivity index (χ3v) is 4.42. The molecule has 3 nitrogen and oxygen atoms in total. The molecule has 0 aromatic carbocycles. The Hall–Kier alpha value is -0.120. The van der Waals surface area contributed by atoms with Gasteiger partial charge in [0.15, 0.2) is 0 Å². The van der Waals surface area contributed by atoms with E-state index in [-0.39, 0.29) is 0 Å². The quantitative estimate of drug-likeness (QED) is 0.791. The summed E-state index contributed by atoms with van der Waals surface area (Å²) in [6.07, 6.45) is 5.56. The maximum absolute atomic E-state index is 6.26. The molecule has 2 aliphatic rings. The van der Waals surface area contributed by atoms with Crippen LogP contribution in [0.4, 0.5) is 0 Å². The SMILES string of the molecule is CCC(C)C(N)CN1CCOC2CCCC21. The molecule has 0 bridgehead atoms. The maximum atomic E-state index is 6.26. The highest BCUT2D eigenvalue weighted by Crippen LogP contribution is 2.29. The molecular weight excluding hydrogens is 200 g/mol. The average molecular weight is 226 g/mol. The first kappa shape index (κ1) is 12.3. The van der Waals surface area contributed by atoms with Crippen LogP contribution in [0.2, 0.25) is 0 Å². The number of morpholine rings is 1. The van der Waals surface area contributed by atoms with E-state index in [0.717, 1.165) is 19.7 Å². The smallest absolute Gasteiger partial charge is 0.0730 e. The minimum atomic E-state index is 0.323. The molecule has 1 saturated carbocycles. The second kappa shape index (κ2) is 5.48. The van der Waals surface area contributed by atoms with E-state index < -0.39 is 0 Å². The van der Waals surface area contributed by atoms with Crippen molar-refractivity contribution < 1.29 is 4.74 Å². The Morgan fingerprint density at radius 2 is 2.25 bits per heavy atom. The fraction of sp³-hybridized carbons (Fsp3) is 1.00. The van der Waals surface area contributed by atoms with Crippen LogP contribution >= 0.6 is 0 Å². The molecule has 1 aliphatic heterocycles. The molecule has 3 heteroatoms. The number of hydrogen-bond acceptors (Lipinski definition) is 3. The van der Waals surface area contributed by atoms with Gasteiger partial charge in [0.25, 0.3) is 0 Å². The largest absolute Gasteiger partial charge is 0.375 e. The van der Waals surface area contributed by atoms with E-state index in [2.05, 4.69) is 18.7 Å². The molecule has 1 saturated heterocycles. The van der Waals surface area contributed by atoms with Gasteiger partial charge in [-0.25, -0.2) is 0 Å². The Morgan fingerprint density at radius 1 is 1.44 bits per heavy atom.